The van der Waals surface area contributed by atoms with E-state index < -0.39 is 24.0 Å². The number of carbonyl (C=O) groups excluding carboxylic acids is 4. The van der Waals surface area contributed by atoms with Gasteiger partial charge in [0.05, 0.1) is 55.8 Å². The van der Waals surface area contributed by atoms with Gasteiger partial charge in [-0.15, -0.1) is 0 Å². The summed E-state index contributed by atoms with van der Waals surface area (Å²) in [6.07, 6.45) is 8.17. The number of carbonyl (C=O) groups is 4. The van der Waals surface area contributed by atoms with Crippen LogP contribution in [0.2, 0.25) is 0 Å². The Morgan fingerprint density at radius 1 is 0.768 bits per heavy atom. The van der Waals surface area contributed by atoms with Crippen LogP contribution in [-0.2, 0) is 36.7 Å². The number of H-pyrrole nitrogens is 2. The number of nitrogens with zero attached hydrogens (tertiary/aromatic N) is 4. The third kappa shape index (κ3) is 6.40. The molecule has 0 unspecified atom stereocenters. The van der Waals surface area contributed by atoms with Gasteiger partial charge >= 0.3 is 12.1 Å². The zero-order valence-corrected chi connectivity index (χ0v) is 31.3. The third-order valence-corrected chi connectivity index (χ3v) is 11.8. The number of aromatic amines is 2. The summed E-state index contributed by atoms with van der Waals surface area (Å²) < 4.78 is 9.79. The lowest BCUT2D eigenvalue weighted by Crippen LogP contribution is -2.49. The van der Waals surface area contributed by atoms with Gasteiger partial charge in [0.25, 0.3) is 0 Å². The second-order valence-corrected chi connectivity index (χ2v) is 15.1. The number of benzene rings is 3. The van der Waals surface area contributed by atoms with E-state index >= 15 is 0 Å². The van der Waals surface area contributed by atoms with Crippen molar-refractivity contribution in [3.05, 3.63) is 102 Å². The number of hydrogen-bond acceptors (Lipinski definition) is 8. The Morgan fingerprint density at radius 3 is 1.98 bits per heavy atom. The van der Waals surface area contributed by atoms with E-state index in [-0.39, 0.29) is 29.8 Å². The summed E-state index contributed by atoms with van der Waals surface area (Å²) in [5.41, 5.74) is 8.80. The molecule has 56 heavy (non-hydrogen) atoms. The topological polar surface area (TPSA) is 163 Å². The van der Waals surface area contributed by atoms with Gasteiger partial charge in [0.1, 0.15) is 23.6 Å². The smallest absolute Gasteiger partial charge is 0.407 e. The number of ether oxygens (including phenoxy) is 2. The molecule has 13 heteroatoms. The van der Waals surface area contributed by atoms with Crippen molar-refractivity contribution in [1.29, 1.82) is 0 Å². The van der Waals surface area contributed by atoms with E-state index in [1.54, 1.807) is 11.1 Å². The Morgan fingerprint density at radius 2 is 1.38 bits per heavy atom. The molecule has 5 heterocycles. The Bertz CT molecular complexity index is 2310. The van der Waals surface area contributed by atoms with Gasteiger partial charge < -0.3 is 34.6 Å². The van der Waals surface area contributed by atoms with Crippen LogP contribution in [0.3, 0.4) is 0 Å². The van der Waals surface area contributed by atoms with Crippen LogP contribution in [0.1, 0.15) is 67.0 Å². The number of rotatable bonds is 9. The van der Waals surface area contributed by atoms with Gasteiger partial charge in [-0.1, -0.05) is 66.7 Å². The zero-order chi connectivity index (χ0) is 38.5. The van der Waals surface area contributed by atoms with Crippen LogP contribution < -0.4 is 10.2 Å². The van der Waals surface area contributed by atoms with Crippen LogP contribution in [0, 0.1) is 11.8 Å². The molecule has 1 saturated heterocycles. The summed E-state index contributed by atoms with van der Waals surface area (Å²) in [5, 5.41) is 2.76. The summed E-state index contributed by atoms with van der Waals surface area (Å²) in [7, 11) is 2.64. The molecule has 2 aromatic heterocycles. The van der Waals surface area contributed by atoms with Crippen molar-refractivity contribution in [2.75, 3.05) is 25.7 Å². The quantitative estimate of drug-likeness (QED) is 0.117. The summed E-state index contributed by atoms with van der Waals surface area (Å²) in [6, 6.07) is 21.5. The number of para-hydroxylation sites is 1. The summed E-state index contributed by atoms with van der Waals surface area (Å²) in [6.45, 7) is 0.620. The molecule has 0 spiro atoms. The van der Waals surface area contributed by atoms with Crippen molar-refractivity contribution in [2.45, 2.75) is 63.1 Å². The van der Waals surface area contributed by atoms with E-state index in [1.807, 2.05) is 29.3 Å². The van der Waals surface area contributed by atoms with Crippen LogP contribution in [0.5, 0.6) is 0 Å². The zero-order valence-electron chi connectivity index (χ0n) is 31.3. The fraction of sp³-hybridized carbons (Fsp3) is 0.349. The molecule has 3 amide bonds. The van der Waals surface area contributed by atoms with Crippen molar-refractivity contribution < 1.29 is 28.7 Å². The maximum atomic E-state index is 13.8. The summed E-state index contributed by atoms with van der Waals surface area (Å²) in [5.74, 6) is -0.117. The second kappa shape index (κ2) is 14.4. The van der Waals surface area contributed by atoms with E-state index in [9.17, 15) is 19.2 Å². The average Bonchev–Trinajstić information content (AvgIpc) is 3.61. The van der Waals surface area contributed by atoms with Crippen molar-refractivity contribution in [3.8, 4) is 33.6 Å². The molecule has 1 aliphatic carbocycles. The van der Waals surface area contributed by atoms with Crippen LogP contribution in [0.15, 0.2) is 79.1 Å². The highest BCUT2D eigenvalue weighted by molar-refractivity contribution is 6.08. The molecular weight excluding hydrogens is 711 g/mol. The standard InChI is InChI=1S/C43H43N7O6/c1-55-42(53)31-19-18-29-5-3-6-30-21-35(50(37(29)30)40(31)51)39-45-23-33(47-39)27-14-10-25(11-15-27)24-8-12-26(13-9-24)32-22-44-38(46-32)34-7-4-20-49(34)41(52)36(28-16-17-28)48-43(54)56-2/h3,5-6,8-15,22-23,28,31,34-36H,4,7,16-21H2,1-2H3,(H,44,46)(H,45,47)(H,48,54)/t31-,34-,35-,36-/m0/s1. The van der Waals surface area contributed by atoms with E-state index in [0.29, 0.717) is 31.6 Å². The van der Waals surface area contributed by atoms with Gasteiger partial charge in [-0.25, -0.2) is 14.8 Å². The van der Waals surface area contributed by atoms with Crippen LogP contribution in [-0.4, -0.2) is 75.5 Å². The average molecular weight is 754 g/mol. The van der Waals surface area contributed by atoms with Crippen molar-refractivity contribution in [3.63, 3.8) is 0 Å². The minimum absolute atomic E-state index is 0.0796. The number of methoxy groups -OCH3 is 2. The normalized spacial score (nSPS) is 20.7. The second-order valence-electron chi connectivity index (χ2n) is 15.1. The van der Waals surface area contributed by atoms with E-state index in [4.69, 9.17) is 19.4 Å². The largest absolute Gasteiger partial charge is 0.468 e. The molecular formula is C43H43N7O6. The van der Waals surface area contributed by atoms with Gasteiger partial charge in [-0.05, 0) is 77.8 Å². The molecule has 9 rings (SSSR count). The molecule has 2 fully saturated rings. The van der Waals surface area contributed by atoms with E-state index in [1.165, 1.54) is 14.2 Å². The monoisotopic (exact) mass is 753 g/mol. The van der Waals surface area contributed by atoms with Gasteiger partial charge in [-0.3, -0.25) is 14.4 Å². The van der Waals surface area contributed by atoms with Crippen LogP contribution >= 0.6 is 0 Å². The number of nitrogens with one attached hydrogen (secondary N) is 3. The van der Waals surface area contributed by atoms with E-state index in [0.717, 1.165) is 82.0 Å². The molecule has 3 N–H and O–H groups in total. The molecule has 0 radical (unpaired) electrons. The Hall–Kier alpha value is -6.24. The highest BCUT2D eigenvalue weighted by Gasteiger charge is 2.45. The van der Waals surface area contributed by atoms with Crippen molar-refractivity contribution in [1.82, 2.24) is 30.2 Å². The minimum Gasteiger partial charge on any atom is -0.468 e. The van der Waals surface area contributed by atoms with Gasteiger partial charge in [0.15, 0.2) is 0 Å². The fourth-order valence-electron chi connectivity index (χ4n) is 8.69. The Balaban J connectivity index is 0.883. The molecule has 13 nitrogen and oxygen atoms in total. The predicted molar refractivity (Wildman–Crippen MR) is 207 cm³/mol. The number of amides is 3. The molecule has 0 bridgehead atoms. The van der Waals surface area contributed by atoms with Gasteiger partial charge in [0, 0.05) is 13.0 Å². The molecule has 1 saturated carbocycles. The molecule has 3 aromatic carbocycles. The molecule has 3 aliphatic heterocycles. The lowest BCUT2D eigenvalue weighted by Gasteiger charge is -2.28. The predicted octanol–water partition coefficient (Wildman–Crippen LogP) is 6.30. The molecule has 5 aromatic rings. The van der Waals surface area contributed by atoms with Gasteiger partial charge in [-0.2, -0.15) is 0 Å². The number of anilines is 1. The SMILES string of the molecule is COC(=O)N[C@H](C(=O)N1CCC[C@H]1c1ncc(-c2ccc(-c3ccc(-c4cnc([C@@H]5Cc6cccc7c6N5C(=O)[C@@H](C(=O)OC)CC7)[nH]4)cc3)cc2)[nH]1)C1CC1. The summed E-state index contributed by atoms with van der Waals surface area (Å²) >= 11 is 0. The lowest BCUT2D eigenvalue weighted by molar-refractivity contribution is -0.149. The first-order valence-electron chi connectivity index (χ1n) is 19.3. The maximum absolute atomic E-state index is 13.8. The number of imidazole rings is 2. The first kappa shape index (κ1) is 35.5. The van der Waals surface area contributed by atoms with Crippen LogP contribution in [0.25, 0.3) is 33.6 Å². The third-order valence-electron chi connectivity index (χ3n) is 11.8. The number of aryl methyl sites for hydroxylation is 1. The fourth-order valence-corrected chi connectivity index (χ4v) is 8.69. The maximum Gasteiger partial charge on any atom is 0.407 e. The van der Waals surface area contributed by atoms with Gasteiger partial charge in [0.2, 0.25) is 11.8 Å². The molecule has 4 atom stereocenters. The number of alkyl carbamates (subject to hydrolysis) is 1. The number of hydrogen-bond donors (Lipinski definition) is 3. The number of aromatic nitrogens is 4. The van der Waals surface area contributed by atoms with Crippen LogP contribution in [0.4, 0.5) is 10.5 Å². The Labute approximate surface area is 323 Å². The highest BCUT2D eigenvalue weighted by atomic mass is 16.5. The first-order valence-corrected chi connectivity index (χ1v) is 19.3. The minimum atomic E-state index is -0.849. The van der Waals surface area contributed by atoms with Crippen molar-refractivity contribution in [2.24, 2.45) is 11.8 Å². The lowest BCUT2D eigenvalue weighted by atomic mass is 9.98. The summed E-state index contributed by atoms with van der Waals surface area (Å²) in [4.78, 5) is 72.0. The van der Waals surface area contributed by atoms with Crippen molar-refractivity contribution >= 4 is 29.6 Å². The van der Waals surface area contributed by atoms with E-state index in [2.05, 4.69) is 63.8 Å². The Kier molecular flexibility index (Phi) is 9.14. The number of esters is 1. The highest BCUT2D eigenvalue weighted by Crippen LogP contribution is 2.46. The first-order chi connectivity index (χ1) is 27.3. The number of likely N-dealkylation sites (tertiary alicyclic amines) is 1. The molecule has 4 aliphatic rings. The molecule has 286 valence electrons.